The summed E-state index contributed by atoms with van der Waals surface area (Å²) in [7, 11) is -3.94. The number of hydrogen-bond acceptors (Lipinski definition) is 3. The lowest BCUT2D eigenvalue weighted by Gasteiger charge is -2.12. The molecule has 3 N–H and O–H groups in total. The fourth-order valence-electron chi connectivity index (χ4n) is 1.55. The van der Waals surface area contributed by atoms with Crippen LogP contribution in [0.25, 0.3) is 0 Å². The Morgan fingerprint density at radius 1 is 1.19 bits per heavy atom. The summed E-state index contributed by atoms with van der Waals surface area (Å²) >= 11 is 12.0. The molecule has 0 aliphatic heterocycles. The molecule has 0 aliphatic carbocycles. The Balaban J connectivity index is 2.48. The molecule has 0 radical (unpaired) electrons. The Bertz CT molecular complexity index is 815. The van der Waals surface area contributed by atoms with Gasteiger partial charge in [0.1, 0.15) is 10.7 Å². The van der Waals surface area contributed by atoms with E-state index < -0.39 is 15.8 Å². The van der Waals surface area contributed by atoms with E-state index in [2.05, 4.69) is 36.6 Å². The van der Waals surface area contributed by atoms with Crippen molar-refractivity contribution in [2.75, 3.05) is 10.5 Å². The van der Waals surface area contributed by atoms with Gasteiger partial charge in [-0.05, 0) is 62.2 Å². The Morgan fingerprint density at radius 2 is 1.86 bits per heavy atom. The third kappa shape index (κ3) is 3.68. The zero-order valence-electron chi connectivity index (χ0n) is 10.2. The third-order valence-electron chi connectivity index (χ3n) is 2.50. The maximum Gasteiger partial charge on any atom is 0.263 e. The summed E-state index contributed by atoms with van der Waals surface area (Å²) in [6.45, 7) is 0. The Labute approximate surface area is 142 Å². The summed E-state index contributed by atoms with van der Waals surface area (Å²) in [5.41, 5.74) is 6.07. The van der Waals surface area contributed by atoms with Crippen molar-refractivity contribution >= 4 is 64.9 Å². The molecule has 2 rings (SSSR count). The normalized spacial score (nSPS) is 11.4. The molecule has 0 aromatic heterocycles. The van der Waals surface area contributed by atoms with Gasteiger partial charge in [-0.3, -0.25) is 4.72 Å². The molecular formula is C12H8Br2ClFN2O2S. The van der Waals surface area contributed by atoms with Crippen LogP contribution >= 0.6 is 43.5 Å². The summed E-state index contributed by atoms with van der Waals surface area (Å²) in [6.07, 6.45) is 0. The molecule has 0 spiro atoms. The predicted molar refractivity (Wildman–Crippen MR) is 88.5 cm³/mol. The van der Waals surface area contributed by atoms with Crippen molar-refractivity contribution in [1.29, 1.82) is 0 Å². The van der Waals surface area contributed by atoms with Crippen molar-refractivity contribution < 1.29 is 12.8 Å². The van der Waals surface area contributed by atoms with E-state index in [1.54, 1.807) is 0 Å². The van der Waals surface area contributed by atoms with E-state index >= 15 is 0 Å². The van der Waals surface area contributed by atoms with Crippen molar-refractivity contribution in [1.82, 2.24) is 0 Å². The van der Waals surface area contributed by atoms with E-state index in [1.807, 2.05) is 0 Å². The molecular weight excluding hydrogens is 450 g/mol. The average molecular weight is 459 g/mol. The Morgan fingerprint density at radius 3 is 2.48 bits per heavy atom. The van der Waals surface area contributed by atoms with E-state index in [1.165, 1.54) is 18.2 Å². The molecule has 2 aromatic rings. The van der Waals surface area contributed by atoms with Gasteiger partial charge < -0.3 is 5.73 Å². The monoisotopic (exact) mass is 456 g/mol. The van der Waals surface area contributed by atoms with Crippen molar-refractivity contribution in [2.24, 2.45) is 0 Å². The van der Waals surface area contributed by atoms with Crippen LogP contribution in [0.5, 0.6) is 0 Å². The van der Waals surface area contributed by atoms with Gasteiger partial charge in [-0.15, -0.1) is 0 Å². The summed E-state index contributed by atoms with van der Waals surface area (Å²) in [6, 6.07) is 6.29. The second kappa shape index (κ2) is 6.12. The fourth-order valence-corrected chi connectivity index (χ4v) is 4.51. The van der Waals surface area contributed by atoms with Crippen LogP contribution < -0.4 is 10.5 Å². The lowest BCUT2D eigenvalue weighted by atomic mass is 10.3. The highest BCUT2D eigenvalue weighted by Crippen LogP contribution is 2.33. The SMILES string of the molecule is Nc1cc(Cl)cc(S(=O)(=O)Nc2ccc(F)cc2Br)c1Br. The quantitative estimate of drug-likeness (QED) is 0.671. The summed E-state index contributed by atoms with van der Waals surface area (Å²) in [5.74, 6) is -0.488. The molecule has 0 saturated carbocycles. The van der Waals surface area contributed by atoms with Gasteiger partial charge in [-0.1, -0.05) is 11.6 Å². The maximum absolute atomic E-state index is 13.0. The molecule has 0 amide bonds. The molecule has 9 heteroatoms. The number of sulfonamides is 1. The molecule has 4 nitrogen and oxygen atoms in total. The van der Waals surface area contributed by atoms with Crippen LogP contribution in [-0.4, -0.2) is 8.42 Å². The number of nitrogen functional groups attached to an aromatic ring is 1. The minimum absolute atomic E-state index is 0.108. The highest BCUT2D eigenvalue weighted by molar-refractivity contribution is 9.11. The number of benzene rings is 2. The van der Waals surface area contributed by atoms with E-state index in [0.29, 0.717) is 0 Å². The van der Waals surface area contributed by atoms with Crippen LogP contribution in [0.15, 0.2) is 44.2 Å². The minimum Gasteiger partial charge on any atom is -0.398 e. The van der Waals surface area contributed by atoms with Gasteiger partial charge in [-0.25, -0.2) is 12.8 Å². The molecule has 0 bridgehead atoms. The number of hydrogen-bond donors (Lipinski definition) is 2. The first-order chi connectivity index (χ1) is 9.70. The van der Waals surface area contributed by atoms with E-state index in [-0.39, 0.29) is 30.2 Å². The lowest BCUT2D eigenvalue weighted by Crippen LogP contribution is -2.14. The van der Waals surface area contributed by atoms with Crippen LogP contribution in [-0.2, 0) is 10.0 Å². The zero-order chi connectivity index (χ0) is 15.8. The standard InChI is InChI=1S/C12H8Br2ClFN2O2S/c13-8-5-7(16)1-2-10(8)18-21(19,20)11-4-6(15)3-9(17)12(11)14/h1-5,18H,17H2. The number of anilines is 2. The van der Waals surface area contributed by atoms with Crippen molar-refractivity contribution in [3.8, 4) is 0 Å². The van der Waals surface area contributed by atoms with Crippen molar-refractivity contribution in [3.05, 3.63) is 50.1 Å². The van der Waals surface area contributed by atoms with E-state index in [9.17, 15) is 12.8 Å². The van der Waals surface area contributed by atoms with Gasteiger partial charge in [0.05, 0.1) is 10.2 Å². The Hall–Kier alpha value is -0.830. The van der Waals surface area contributed by atoms with Crippen LogP contribution in [0, 0.1) is 5.82 Å². The summed E-state index contributed by atoms with van der Waals surface area (Å²) in [4.78, 5) is -0.108. The van der Waals surface area contributed by atoms with E-state index in [0.717, 1.165) is 12.1 Å². The highest BCUT2D eigenvalue weighted by atomic mass is 79.9. The van der Waals surface area contributed by atoms with Gasteiger partial charge in [0.15, 0.2) is 0 Å². The molecule has 0 heterocycles. The average Bonchev–Trinajstić information content (AvgIpc) is 2.37. The van der Waals surface area contributed by atoms with Crippen LogP contribution in [0.1, 0.15) is 0 Å². The van der Waals surface area contributed by atoms with Crippen molar-refractivity contribution in [2.45, 2.75) is 4.90 Å². The van der Waals surface area contributed by atoms with Gasteiger partial charge in [0.2, 0.25) is 0 Å². The van der Waals surface area contributed by atoms with Crippen LogP contribution in [0.3, 0.4) is 0 Å². The molecule has 0 saturated heterocycles. The molecule has 112 valence electrons. The van der Waals surface area contributed by atoms with Gasteiger partial charge in [-0.2, -0.15) is 0 Å². The van der Waals surface area contributed by atoms with E-state index in [4.69, 9.17) is 17.3 Å². The smallest absolute Gasteiger partial charge is 0.263 e. The molecule has 2 aromatic carbocycles. The van der Waals surface area contributed by atoms with Crippen LogP contribution in [0.4, 0.5) is 15.8 Å². The largest absolute Gasteiger partial charge is 0.398 e. The first-order valence-corrected chi connectivity index (χ1v) is 8.88. The molecule has 0 atom stereocenters. The lowest BCUT2D eigenvalue weighted by molar-refractivity contribution is 0.600. The van der Waals surface area contributed by atoms with Crippen molar-refractivity contribution in [3.63, 3.8) is 0 Å². The number of nitrogens with two attached hydrogens (primary N) is 1. The minimum atomic E-state index is -3.94. The second-order valence-electron chi connectivity index (χ2n) is 4.04. The predicted octanol–water partition coefficient (Wildman–Crippen LogP) is 4.39. The molecule has 21 heavy (non-hydrogen) atoms. The third-order valence-corrected chi connectivity index (χ3v) is 5.91. The second-order valence-corrected chi connectivity index (χ2v) is 7.77. The number of rotatable bonds is 3. The number of halogens is 4. The van der Waals surface area contributed by atoms with Gasteiger partial charge in [0, 0.05) is 15.2 Å². The fraction of sp³-hybridized carbons (Fsp3) is 0. The molecule has 0 aliphatic rings. The maximum atomic E-state index is 13.0. The molecule has 0 fully saturated rings. The first kappa shape index (κ1) is 16.5. The Kier molecular flexibility index (Phi) is 4.82. The van der Waals surface area contributed by atoms with Crippen LogP contribution in [0.2, 0.25) is 5.02 Å². The highest BCUT2D eigenvalue weighted by Gasteiger charge is 2.21. The summed E-state index contributed by atoms with van der Waals surface area (Å²) in [5, 5.41) is 0.189. The molecule has 0 unspecified atom stereocenters. The van der Waals surface area contributed by atoms with Gasteiger partial charge >= 0.3 is 0 Å². The zero-order valence-corrected chi connectivity index (χ0v) is 14.9. The summed E-state index contributed by atoms with van der Waals surface area (Å²) < 4.78 is 40.6. The first-order valence-electron chi connectivity index (χ1n) is 5.43. The topological polar surface area (TPSA) is 72.2 Å². The van der Waals surface area contributed by atoms with Gasteiger partial charge in [0.25, 0.3) is 10.0 Å². The number of nitrogens with one attached hydrogen (secondary N) is 1.